The first-order valence-electron chi connectivity index (χ1n) is 10.6. The summed E-state index contributed by atoms with van der Waals surface area (Å²) < 4.78 is 16.7. The fourth-order valence-electron chi connectivity index (χ4n) is 3.52. The molecule has 4 rings (SSSR count). The lowest BCUT2D eigenvalue weighted by atomic mass is 10.1. The summed E-state index contributed by atoms with van der Waals surface area (Å²) in [5.41, 5.74) is 2.20. The van der Waals surface area contributed by atoms with Gasteiger partial charge in [-0.2, -0.15) is 0 Å². The number of nitrogens with one attached hydrogen (secondary N) is 1. The molecule has 9 heteroatoms. The van der Waals surface area contributed by atoms with E-state index in [2.05, 4.69) is 5.32 Å². The van der Waals surface area contributed by atoms with Gasteiger partial charge in [-0.1, -0.05) is 6.07 Å². The number of amides is 1. The Balaban J connectivity index is 1.50. The van der Waals surface area contributed by atoms with Crippen molar-refractivity contribution < 1.29 is 28.4 Å². The molecular formula is C26H22N2O7. The number of aliphatic hydroxyl groups is 1. The average Bonchev–Trinajstić information content (AvgIpc) is 3.52. The molecule has 178 valence electrons. The van der Waals surface area contributed by atoms with Crippen LogP contribution >= 0.6 is 0 Å². The molecule has 2 heterocycles. The topological polar surface area (TPSA) is 128 Å². The largest absolute Gasteiger partial charge is 0.496 e. The second kappa shape index (κ2) is 10.1. The molecule has 0 unspecified atom stereocenters. The van der Waals surface area contributed by atoms with Gasteiger partial charge in [0.25, 0.3) is 5.69 Å². The average molecular weight is 474 g/mol. The van der Waals surface area contributed by atoms with Crippen molar-refractivity contribution >= 4 is 23.4 Å². The van der Waals surface area contributed by atoms with Crippen molar-refractivity contribution in [1.82, 2.24) is 0 Å². The van der Waals surface area contributed by atoms with E-state index < -0.39 is 10.8 Å². The number of aryl methyl sites for hydroxylation is 1. The molecule has 0 radical (unpaired) electrons. The van der Waals surface area contributed by atoms with E-state index in [0.29, 0.717) is 45.6 Å². The van der Waals surface area contributed by atoms with E-state index in [0.717, 1.165) is 5.56 Å². The van der Waals surface area contributed by atoms with Gasteiger partial charge in [-0.05, 0) is 67.1 Å². The molecule has 0 spiro atoms. The van der Waals surface area contributed by atoms with Gasteiger partial charge in [0.05, 0.1) is 23.2 Å². The van der Waals surface area contributed by atoms with Crippen molar-refractivity contribution in [1.29, 1.82) is 0 Å². The smallest absolute Gasteiger partial charge is 0.280 e. The van der Waals surface area contributed by atoms with E-state index >= 15 is 0 Å². The molecule has 4 aromatic rings. The summed E-state index contributed by atoms with van der Waals surface area (Å²) >= 11 is 0. The van der Waals surface area contributed by atoms with E-state index in [1.165, 1.54) is 25.3 Å². The summed E-state index contributed by atoms with van der Waals surface area (Å²) in [4.78, 5) is 23.4. The van der Waals surface area contributed by atoms with Crippen molar-refractivity contribution in [3.8, 4) is 28.4 Å². The minimum Gasteiger partial charge on any atom is -0.496 e. The highest BCUT2D eigenvalue weighted by Gasteiger charge is 2.18. The number of carbonyl (C=O) groups excluding carboxylic acids is 1. The highest BCUT2D eigenvalue weighted by Crippen LogP contribution is 2.34. The molecule has 0 aliphatic heterocycles. The molecule has 0 saturated carbocycles. The van der Waals surface area contributed by atoms with Gasteiger partial charge >= 0.3 is 0 Å². The van der Waals surface area contributed by atoms with Crippen LogP contribution in [0.1, 0.15) is 17.1 Å². The van der Waals surface area contributed by atoms with Crippen LogP contribution in [0.4, 0.5) is 11.4 Å². The Hall–Kier alpha value is -4.63. The molecule has 2 aromatic carbocycles. The fourth-order valence-corrected chi connectivity index (χ4v) is 3.52. The number of nitrogens with zero attached hydrogens (tertiary/aromatic N) is 1. The Morgan fingerprint density at radius 3 is 2.54 bits per heavy atom. The summed E-state index contributed by atoms with van der Waals surface area (Å²) in [6.45, 7) is 1.55. The molecule has 0 atom stereocenters. The zero-order chi connectivity index (χ0) is 24.9. The molecule has 0 bridgehead atoms. The maximum atomic E-state index is 12.5. The molecule has 35 heavy (non-hydrogen) atoms. The first-order valence-corrected chi connectivity index (χ1v) is 10.6. The third kappa shape index (κ3) is 5.31. The van der Waals surface area contributed by atoms with Crippen LogP contribution in [0.3, 0.4) is 0 Å². The van der Waals surface area contributed by atoms with Gasteiger partial charge < -0.3 is 24.0 Å². The SMILES string of the molecule is COc1ccc(NC(=O)/C=C/c2ccc(-c3ccc(C)cc3[N+](=O)[O-])o2)cc1-c1ccc(CO)o1. The van der Waals surface area contributed by atoms with Crippen molar-refractivity contribution in [3.63, 3.8) is 0 Å². The Morgan fingerprint density at radius 1 is 1.06 bits per heavy atom. The molecule has 2 aromatic heterocycles. The lowest BCUT2D eigenvalue weighted by Crippen LogP contribution is -2.07. The predicted octanol–water partition coefficient (Wildman–Crippen LogP) is 5.58. The number of ether oxygens (including phenoxy) is 1. The monoisotopic (exact) mass is 474 g/mol. The van der Waals surface area contributed by atoms with E-state index in [1.54, 1.807) is 61.5 Å². The van der Waals surface area contributed by atoms with Crippen LogP contribution < -0.4 is 10.1 Å². The van der Waals surface area contributed by atoms with Crippen LogP contribution in [0, 0.1) is 17.0 Å². The van der Waals surface area contributed by atoms with Gasteiger partial charge in [-0.3, -0.25) is 14.9 Å². The Kier molecular flexibility index (Phi) is 6.79. The summed E-state index contributed by atoms with van der Waals surface area (Å²) in [7, 11) is 1.53. The van der Waals surface area contributed by atoms with Crippen LogP contribution in [-0.2, 0) is 11.4 Å². The fraction of sp³-hybridized carbons (Fsp3) is 0.115. The maximum Gasteiger partial charge on any atom is 0.280 e. The number of nitro groups is 1. The second-order valence-corrected chi connectivity index (χ2v) is 7.64. The van der Waals surface area contributed by atoms with Crippen LogP contribution in [0.15, 0.2) is 75.6 Å². The molecule has 9 nitrogen and oxygen atoms in total. The molecule has 2 N–H and O–H groups in total. The number of furan rings is 2. The lowest BCUT2D eigenvalue weighted by molar-refractivity contribution is -0.384. The van der Waals surface area contributed by atoms with Crippen molar-refractivity contribution in [3.05, 3.63) is 93.9 Å². The number of aliphatic hydroxyl groups excluding tert-OH is 1. The number of rotatable bonds is 8. The number of nitro benzene ring substituents is 1. The highest BCUT2D eigenvalue weighted by molar-refractivity contribution is 6.02. The Bertz CT molecular complexity index is 1410. The Labute approximate surface area is 200 Å². The third-order valence-corrected chi connectivity index (χ3v) is 5.19. The number of anilines is 1. The summed E-state index contributed by atoms with van der Waals surface area (Å²) in [5.74, 6) is 1.74. The highest BCUT2D eigenvalue weighted by atomic mass is 16.6. The third-order valence-electron chi connectivity index (χ3n) is 5.19. The van der Waals surface area contributed by atoms with Gasteiger partial charge in [0.2, 0.25) is 5.91 Å². The first-order chi connectivity index (χ1) is 16.9. The van der Waals surface area contributed by atoms with Crippen molar-refractivity contribution in [2.75, 3.05) is 12.4 Å². The van der Waals surface area contributed by atoms with E-state index in [1.807, 2.05) is 0 Å². The van der Waals surface area contributed by atoms with Gasteiger partial charge in [0.1, 0.15) is 35.4 Å². The van der Waals surface area contributed by atoms with Gasteiger partial charge in [-0.15, -0.1) is 0 Å². The maximum absolute atomic E-state index is 12.5. The van der Waals surface area contributed by atoms with Gasteiger partial charge in [-0.25, -0.2) is 0 Å². The number of methoxy groups -OCH3 is 1. The Morgan fingerprint density at radius 2 is 1.83 bits per heavy atom. The molecule has 0 aliphatic rings. The number of hydrogen-bond acceptors (Lipinski definition) is 7. The normalized spacial score (nSPS) is 11.1. The lowest BCUT2D eigenvalue weighted by Gasteiger charge is -2.09. The van der Waals surface area contributed by atoms with E-state index in [-0.39, 0.29) is 12.3 Å². The predicted molar refractivity (Wildman–Crippen MR) is 130 cm³/mol. The summed E-state index contributed by atoms with van der Waals surface area (Å²) in [6, 6.07) is 16.6. The second-order valence-electron chi connectivity index (χ2n) is 7.64. The van der Waals surface area contributed by atoms with Gasteiger partial charge in [0, 0.05) is 17.8 Å². The zero-order valence-electron chi connectivity index (χ0n) is 19.0. The summed E-state index contributed by atoms with van der Waals surface area (Å²) in [6.07, 6.45) is 2.77. The minimum atomic E-state index is -0.454. The van der Waals surface area contributed by atoms with Crippen LogP contribution in [0.5, 0.6) is 5.75 Å². The standard InChI is InChI=1S/C26H22N2O7/c1-16-3-8-20(22(13-16)28(31)32)24-10-5-18(34-24)7-12-26(30)27-17-4-9-23(33-2)21(14-17)25-11-6-19(15-29)35-25/h3-14,29H,15H2,1-2H3,(H,27,30)/b12-7+. The van der Waals surface area contributed by atoms with Crippen molar-refractivity contribution in [2.24, 2.45) is 0 Å². The number of carbonyl (C=O) groups is 1. The summed E-state index contributed by atoms with van der Waals surface area (Å²) in [5, 5.41) is 23.4. The quantitative estimate of drug-likeness (QED) is 0.194. The number of hydrogen-bond donors (Lipinski definition) is 2. The molecule has 1 amide bonds. The molecule has 0 aliphatic carbocycles. The van der Waals surface area contributed by atoms with Crippen LogP contribution in [-0.4, -0.2) is 23.0 Å². The van der Waals surface area contributed by atoms with E-state index in [4.69, 9.17) is 13.6 Å². The molecular weight excluding hydrogens is 452 g/mol. The molecule has 0 saturated heterocycles. The van der Waals surface area contributed by atoms with Crippen LogP contribution in [0.2, 0.25) is 0 Å². The van der Waals surface area contributed by atoms with Crippen LogP contribution in [0.25, 0.3) is 28.7 Å². The molecule has 0 fully saturated rings. The van der Waals surface area contributed by atoms with Gasteiger partial charge in [0.15, 0.2) is 0 Å². The van der Waals surface area contributed by atoms with Crippen molar-refractivity contribution in [2.45, 2.75) is 13.5 Å². The number of benzene rings is 2. The zero-order valence-corrected chi connectivity index (χ0v) is 19.0. The minimum absolute atomic E-state index is 0.0504. The first kappa shape index (κ1) is 23.5. The van der Waals surface area contributed by atoms with E-state index in [9.17, 15) is 20.0 Å².